The number of benzene rings is 1. The third kappa shape index (κ3) is 2.91. The number of carbonyl (C=O) groups is 1. The molecular weight excluding hydrogens is 282 g/mol. The van der Waals surface area contributed by atoms with Gasteiger partial charge in [-0.15, -0.1) is 11.3 Å². The summed E-state index contributed by atoms with van der Waals surface area (Å²) in [6.07, 6.45) is 0.578. The Morgan fingerprint density at radius 1 is 1.47 bits per heavy atom. The highest BCUT2D eigenvalue weighted by molar-refractivity contribution is 7.19. The van der Waals surface area contributed by atoms with Gasteiger partial charge in [-0.2, -0.15) is 0 Å². The zero-order chi connectivity index (χ0) is 14.0. The van der Waals surface area contributed by atoms with Crippen molar-refractivity contribution in [2.45, 2.75) is 25.9 Å². The van der Waals surface area contributed by atoms with Gasteiger partial charge in [0.25, 0.3) is 0 Å². The van der Waals surface area contributed by atoms with Gasteiger partial charge in [-0.1, -0.05) is 36.7 Å². The Labute approximate surface area is 121 Å². The maximum atomic E-state index is 11.1. The summed E-state index contributed by atoms with van der Waals surface area (Å²) in [6.45, 7) is 2.44. The average molecular weight is 298 g/mol. The first-order chi connectivity index (χ1) is 9.04. The van der Waals surface area contributed by atoms with Crippen molar-refractivity contribution in [1.29, 1.82) is 0 Å². The molecule has 0 fully saturated rings. The lowest BCUT2D eigenvalue weighted by atomic mass is 10.2. The molecule has 0 bridgehead atoms. The molecular formula is C14H16ClNO2S. The number of carboxylic acids is 1. The van der Waals surface area contributed by atoms with Gasteiger partial charge in [-0.3, -0.25) is 9.69 Å². The summed E-state index contributed by atoms with van der Waals surface area (Å²) in [7, 11) is 1.82. The largest absolute Gasteiger partial charge is 0.480 e. The molecule has 1 heterocycles. The summed E-state index contributed by atoms with van der Waals surface area (Å²) >= 11 is 7.99. The monoisotopic (exact) mass is 297 g/mol. The molecule has 2 aromatic rings. The van der Waals surface area contributed by atoms with E-state index >= 15 is 0 Å². The molecule has 0 amide bonds. The molecule has 19 heavy (non-hydrogen) atoms. The Kier molecular flexibility index (Phi) is 4.45. The molecule has 0 aliphatic heterocycles. The van der Waals surface area contributed by atoms with Crippen LogP contribution in [0.3, 0.4) is 0 Å². The third-order valence-electron chi connectivity index (χ3n) is 3.20. The fourth-order valence-electron chi connectivity index (χ4n) is 2.18. The quantitative estimate of drug-likeness (QED) is 0.911. The molecule has 0 aliphatic carbocycles. The van der Waals surface area contributed by atoms with Crippen molar-refractivity contribution in [3.63, 3.8) is 0 Å². The molecule has 0 saturated heterocycles. The zero-order valence-electron chi connectivity index (χ0n) is 10.9. The van der Waals surface area contributed by atoms with Crippen molar-refractivity contribution in [2.24, 2.45) is 0 Å². The molecule has 1 atom stereocenters. The number of fused-ring (bicyclic) bond motifs is 1. The van der Waals surface area contributed by atoms with Gasteiger partial charge >= 0.3 is 5.97 Å². The molecule has 3 nitrogen and oxygen atoms in total. The number of likely N-dealkylation sites (N-methyl/N-ethyl adjacent to an activating group) is 1. The summed E-state index contributed by atoms with van der Waals surface area (Å²) in [5.74, 6) is -0.790. The summed E-state index contributed by atoms with van der Waals surface area (Å²) in [6, 6.07) is 7.49. The van der Waals surface area contributed by atoms with Gasteiger partial charge in [0.1, 0.15) is 6.04 Å². The number of rotatable bonds is 5. The predicted molar refractivity (Wildman–Crippen MR) is 80.0 cm³/mol. The molecule has 0 radical (unpaired) electrons. The summed E-state index contributed by atoms with van der Waals surface area (Å²) in [5.41, 5.74) is 0. The summed E-state index contributed by atoms with van der Waals surface area (Å²) < 4.78 is 1.14. The van der Waals surface area contributed by atoms with Crippen molar-refractivity contribution in [2.75, 3.05) is 7.05 Å². The Morgan fingerprint density at radius 3 is 2.74 bits per heavy atom. The number of aliphatic carboxylic acids is 1. The molecule has 102 valence electrons. The van der Waals surface area contributed by atoms with Crippen LogP contribution in [0.1, 0.15) is 18.2 Å². The Hall–Kier alpha value is -1.10. The number of halogens is 1. The first kappa shape index (κ1) is 14.3. The molecule has 1 aromatic carbocycles. The van der Waals surface area contributed by atoms with E-state index < -0.39 is 12.0 Å². The van der Waals surface area contributed by atoms with E-state index in [0.29, 0.717) is 13.0 Å². The molecule has 0 saturated carbocycles. The van der Waals surface area contributed by atoms with Crippen LogP contribution in [0, 0.1) is 0 Å². The second kappa shape index (κ2) is 5.90. The van der Waals surface area contributed by atoms with Crippen molar-refractivity contribution in [3.8, 4) is 0 Å². The van der Waals surface area contributed by atoms with Crippen LogP contribution >= 0.6 is 22.9 Å². The number of carboxylic acid groups (broad SMARTS) is 1. The van der Waals surface area contributed by atoms with E-state index in [4.69, 9.17) is 16.7 Å². The summed E-state index contributed by atoms with van der Waals surface area (Å²) in [5, 5.41) is 10.9. The molecule has 0 spiro atoms. The van der Waals surface area contributed by atoms with E-state index in [0.717, 1.165) is 20.0 Å². The van der Waals surface area contributed by atoms with Gasteiger partial charge < -0.3 is 5.11 Å². The molecule has 1 aromatic heterocycles. The molecule has 2 rings (SSSR count). The van der Waals surface area contributed by atoms with E-state index in [-0.39, 0.29) is 0 Å². The van der Waals surface area contributed by atoms with E-state index in [2.05, 4.69) is 0 Å². The second-order valence-electron chi connectivity index (χ2n) is 4.51. The number of nitrogens with zero attached hydrogens (tertiary/aromatic N) is 1. The van der Waals surface area contributed by atoms with Crippen molar-refractivity contribution < 1.29 is 9.90 Å². The van der Waals surface area contributed by atoms with Crippen LogP contribution in [0.4, 0.5) is 0 Å². The van der Waals surface area contributed by atoms with Crippen molar-refractivity contribution in [1.82, 2.24) is 4.90 Å². The first-order valence-electron chi connectivity index (χ1n) is 6.13. The van der Waals surface area contributed by atoms with Crippen LogP contribution in [-0.4, -0.2) is 29.1 Å². The standard InChI is InChI=1S/C14H16ClNO2S/c1-3-10(14(17)18)16(2)8-12-13(15)9-6-4-5-7-11(9)19-12/h4-7,10H,3,8H2,1-2H3,(H,17,18). The Morgan fingerprint density at radius 2 is 2.16 bits per heavy atom. The molecule has 0 aliphatic rings. The smallest absolute Gasteiger partial charge is 0.320 e. The fourth-order valence-corrected chi connectivity index (χ4v) is 3.73. The van der Waals surface area contributed by atoms with Gasteiger partial charge in [0.05, 0.1) is 5.02 Å². The minimum absolute atomic E-state index is 0.471. The number of thiophene rings is 1. The Bertz CT molecular complexity index is 596. The first-order valence-corrected chi connectivity index (χ1v) is 7.33. The minimum Gasteiger partial charge on any atom is -0.480 e. The van der Waals surface area contributed by atoms with Crippen LogP contribution in [-0.2, 0) is 11.3 Å². The van der Waals surface area contributed by atoms with E-state index in [9.17, 15) is 4.79 Å². The SMILES string of the molecule is CCC(C(=O)O)N(C)Cc1sc2ccccc2c1Cl. The highest BCUT2D eigenvalue weighted by Crippen LogP contribution is 2.35. The number of hydrogen-bond donors (Lipinski definition) is 1. The summed E-state index contributed by atoms with van der Waals surface area (Å²) in [4.78, 5) is 14.0. The molecule has 5 heteroatoms. The molecule has 1 N–H and O–H groups in total. The topological polar surface area (TPSA) is 40.5 Å². The van der Waals surface area contributed by atoms with Gasteiger partial charge in [-0.25, -0.2) is 0 Å². The van der Waals surface area contributed by atoms with E-state index in [1.54, 1.807) is 11.3 Å². The maximum Gasteiger partial charge on any atom is 0.320 e. The van der Waals surface area contributed by atoms with Crippen LogP contribution in [0.2, 0.25) is 5.02 Å². The van der Waals surface area contributed by atoms with E-state index in [1.165, 1.54) is 0 Å². The second-order valence-corrected chi connectivity index (χ2v) is 6.03. The highest BCUT2D eigenvalue weighted by atomic mass is 35.5. The fraction of sp³-hybridized carbons (Fsp3) is 0.357. The van der Waals surface area contributed by atoms with Crippen LogP contribution in [0.25, 0.3) is 10.1 Å². The van der Waals surface area contributed by atoms with Crippen LogP contribution in [0.15, 0.2) is 24.3 Å². The lowest BCUT2D eigenvalue weighted by molar-refractivity contribution is -0.143. The number of hydrogen-bond acceptors (Lipinski definition) is 3. The average Bonchev–Trinajstić information content (AvgIpc) is 2.67. The minimum atomic E-state index is -0.790. The van der Waals surface area contributed by atoms with Gasteiger partial charge in [-0.05, 0) is 19.5 Å². The van der Waals surface area contributed by atoms with Gasteiger partial charge in [0.2, 0.25) is 0 Å². The zero-order valence-corrected chi connectivity index (χ0v) is 12.5. The normalized spacial score (nSPS) is 13.1. The van der Waals surface area contributed by atoms with Crippen LogP contribution in [0.5, 0.6) is 0 Å². The van der Waals surface area contributed by atoms with Crippen molar-refractivity contribution in [3.05, 3.63) is 34.2 Å². The van der Waals surface area contributed by atoms with Crippen LogP contribution < -0.4 is 0 Å². The van der Waals surface area contributed by atoms with E-state index in [1.807, 2.05) is 43.1 Å². The predicted octanol–water partition coefficient (Wildman–Crippen LogP) is 3.85. The lowest BCUT2D eigenvalue weighted by Gasteiger charge is -2.22. The van der Waals surface area contributed by atoms with Gasteiger partial charge in [0, 0.05) is 21.5 Å². The highest BCUT2D eigenvalue weighted by Gasteiger charge is 2.22. The van der Waals surface area contributed by atoms with Crippen molar-refractivity contribution >= 4 is 39.0 Å². The maximum absolute atomic E-state index is 11.1. The lowest BCUT2D eigenvalue weighted by Crippen LogP contribution is -2.37. The Balaban J connectivity index is 2.26. The third-order valence-corrected chi connectivity index (χ3v) is 4.90. The van der Waals surface area contributed by atoms with Gasteiger partial charge in [0.15, 0.2) is 0 Å². The molecule has 1 unspecified atom stereocenters.